The molecule has 1 atom stereocenters. The number of anilines is 1. The largest absolute Gasteiger partial charge is 0.490 e. The molecule has 0 saturated carbocycles. The van der Waals surface area contributed by atoms with Crippen LogP contribution in [0.25, 0.3) is 0 Å². The maximum atomic E-state index is 12.6. The van der Waals surface area contributed by atoms with E-state index in [-0.39, 0.29) is 11.3 Å². The summed E-state index contributed by atoms with van der Waals surface area (Å²) in [4.78, 5) is 36.5. The molecule has 0 radical (unpaired) electrons. The quantitative estimate of drug-likeness (QED) is 0.500. The second-order valence-corrected chi connectivity index (χ2v) is 6.91. The number of rotatable bonds is 10. The van der Waals surface area contributed by atoms with E-state index in [1.165, 1.54) is 19.1 Å². The number of alkyl halides is 3. The molecule has 11 heteroatoms. The number of hydrogen-bond donors (Lipinski definition) is 2. The predicted molar refractivity (Wildman–Crippen MR) is 117 cm³/mol. The van der Waals surface area contributed by atoms with Crippen LogP contribution in [0.3, 0.4) is 0 Å². The Balaban J connectivity index is 1.87. The van der Waals surface area contributed by atoms with E-state index in [1.54, 1.807) is 13.0 Å². The monoisotopic (exact) mass is 482 g/mol. The van der Waals surface area contributed by atoms with Crippen molar-refractivity contribution in [2.75, 3.05) is 25.1 Å². The molecule has 0 saturated heterocycles. The number of carbonyl (C=O) groups is 3. The Morgan fingerprint density at radius 3 is 2.15 bits per heavy atom. The summed E-state index contributed by atoms with van der Waals surface area (Å²) in [5.74, 6) is -1.32. The summed E-state index contributed by atoms with van der Waals surface area (Å²) in [5.41, 5.74) is -0.524. The first-order valence-corrected chi connectivity index (χ1v) is 10.4. The highest BCUT2D eigenvalue weighted by Gasteiger charge is 2.30. The van der Waals surface area contributed by atoms with Crippen molar-refractivity contribution in [3.8, 4) is 11.5 Å². The average Bonchev–Trinajstić information content (AvgIpc) is 2.78. The minimum Gasteiger partial charge on any atom is -0.490 e. The molecule has 184 valence electrons. The molecular weight excluding hydrogens is 457 g/mol. The van der Waals surface area contributed by atoms with E-state index in [9.17, 15) is 27.6 Å². The van der Waals surface area contributed by atoms with Crippen molar-refractivity contribution in [3.05, 3.63) is 53.6 Å². The topological polar surface area (TPSA) is 103 Å². The molecule has 0 heterocycles. The smallest absolute Gasteiger partial charge is 0.416 e. The van der Waals surface area contributed by atoms with Crippen LogP contribution in [0, 0.1) is 0 Å². The number of hydrogen-bond acceptors (Lipinski definition) is 6. The Kier molecular flexibility index (Phi) is 9.28. The number of benzene rings is 2. The standard InChI is InChI=1S/C23H25F3N2O6/c1-4-32-18-11-6-15(12-19(18)33-5-2)22(31)27-13-20(29)34-14(3)21(30)28-17-9-7-16(8-10-17)23(24,25)26/h6-12,14H,4-5,13H2,1-3H3,(H,27,31)(H,28,30). The Bertz CT molecular complexity index is 1010. The summed E-state index contributed by atoms with van der Waals surface area (Å²) < 4.78 is 53.7. The van der Waals surface area contributed by atoms with E-state index in [4.69, 9.17) is 14.2 Å². The van der Waals surface area contributed by atoms with Gasteiger partial charge in [0.05, 0.1) is 18.8 Å². The third-order valence-electron chi connectivity index (χ3n) is 4.36. The first-order chi connectivity index (χ1) is 16.0. The number of ether oxygens (including phenoxy) is 3. The zero-order chi connectivity index (χ0) is 25.3. The van der Waals surface area contributed by atoms with E-state index in [0.717, 1.165) is 24.3 Å². The molecule has 0 fully saturated rings. The fourth-order valence-electron chi connectivity index (χ4n) is 2.73. The number of carbonyl (C=O) groups excluding carboxylic acids is 3. The fourth-order valence-corrected chi connectivity index (χ4v) is 2.73. The molecule has 34 heavy (non-hydrogen) atoms. The van der Waals surface area contributed by atoms with Gasteiger partial charge in [-0.15, -0.1) is 0 Å². The maximum absolute atomic E-state index is 12.6. The minimum absolute atomic E-state index is 0.106. The van der Waals surface area contributed by atoms with Gasteiger partial charge >= 0.3 is 12.1 Å². The second-order valence-electron chi connectivity index (χ2n) is 6.91. The van der Waals surface area contributed by atoms with Gasteiger partial charge in [0.15, 0.2) is 17.6 Å². The normalized spacial score (nSPS) is 11.8. The maximum Gasteiger partial charge on any atom is 0.416 e. The van der Waals surface area contributed by atoms with E-state index in [0.29, 0.717) is 24.7 Å². The number of amides is 2. The molecule has 0 aliphatic heterocycles. The summed E-state index contributed by atoms with van der Waals surface area (Å²) in [6, 6.07) is 8.38. The number of nitrogens with one attached hydrogen (secondary N) is 2. The second kappa shape index (κ2) is 11.9. The molecule has 0 spiro atoms. The van der Waals surface area contributed by atoms with Gasteiger partial charge in [-0.3, -0.25) is 14.4 Å². The molecule has 8 nitrogen and oxygen atoms in total. The molecule has 2 aromatic rings. The van der Waals surface area contributed by atoms with Gasteiger partial charge in [-0.05, 0) is 63.2 Å². The van der Waals surface area contributed by atoms with Crippen molar-refractivity contribution in [1.82, 2.24) is 5.32 Å². The Morgan fingerprint density at radius 1 is 0.941 bits per heavy atom. The first kappa shape index (κ1) is 26.5. The summed E-state index contributed by atoms with van der Waals surface area (Å²) >= 11 is 0. The summed E-state index contributed by atoms with van der Waals surface area (Å²) in [7, 11) is 0. The van der Waals surface area contributed by atoms with Crippen LogP contribution in [0.5, 0.6) is 11.5 Å². The van der Waals surface area contributed by atoms with Crippen LogP contribution in [0.4, 0.5) is 18.9 Å². The Morgan fingerprint density at radius 2 is 1.56 bits per heavy atom. The zero-order valence-corrected chi connectivity index (χ0v) is 18.8. The Hall–Kier alpha value is -3.76. The van der Waals surface area contributed by atoms with Gasteiger partial charge in [-0.25, -0.2) is 0 Å². The number of esters is 1. The van der Waals surface area contributed by atoms with Crippen LogP contribution < -0.4 is 20.1 Å². The van der Waals surface area contributed by atoms with Gasteiger partial charge in [0.1, 0.15) is 6.54 Å². The van der Waals surface area contributed by atoms with Gasteiger partial charge in [0.25, 0.3) is 11.8 Å². The van der Waals surface area contributed by atoms with Gasteiger partial charge in [-0.2, -0.15) is 13.2 Å². The molecule has 0 aliphatic rings. The molecule has 1 unspecified atom stereocenters. The van der Waals surface area contributed by atoms with Gasteiger partial charge in [0.2, 0.25) is 0 Å². The lowest BCUT2D eigenvalue weighted by molar-refractivity contribution is -0.152. The molecule has 2 aromatic carbocycles. The Labute approximate surface area is 194 Å². The van der Waals surface area contributed by atoms with Crippen molar-refractivity contribution >= 4 is 23.5 Å². The number of halogens is 3. The van der Waals surface area contributed by atoms with Gasteiger partial charge < -0.3 is 24.8 Å². The third-order valence-corrected chi connectivity index (χ3v) is 4.36. The molecule has 0 aliphatic carbocycles. The highest BCUT2D eigenvalue weighted by Crippen LogP contribution is 2.30. The lowest BCUT2D eigenvalue weighted by Gasteiger charge is -2.15. The van der Waals surface area contributed by atoms with Crippen molar-refractivity contribution in [2.45, 2.75) is 33.1 Å². The van der Waals surface area contributed by atoms with Gasteiger partial charge in [0, 0.05) is 11.3 Å². The average molecular weight is 482 g/mol. The summed E-state index contributed by atoms with van der Waals surface area (Å²) in [6.07, 6.45) is -5.74. The minimum atomic E-state index is -4.49. The van der Waals surface area contributed by atoms with E-state index in [2.05, 4.69) is 10.6 Å². The predicted octanol–water partition coefficient (Wildman–Crippen LogP) is 3.80. The first-order valence-electron chi connectivity index (χ1n) is 10.4. The van der Waals surface area contributed by atoms with Crippen LogP contribution in [0.15, 0.2) is 42.5 Å². The van der Waals surface area contributed by atoms with Gasteiger partial charge in [-0.1, -0.05) is 0 Å². The van der Waals surface area contributed by atoms with Crippen molar-refractivity contribution in [1.29, 1.82) is 0 Å². The van der Waals surface area contributed by atoms with Crippen LogP contribution in [-0.4, -0.2) is 43.6 Å². The van der Waals surface area contributed by atoms with Crippen LogP contribution in [-0.2, 0) is 20.5 Å². The van der Waals surface area contributed by atoms with Crippen molar-refractivity contribution in [3.63, 3.8) is 0 Å². The summed E-state index contributed by atoms with van der Waals surface area (Å²) in [6.45, 7) is 5.17. The van der Waals surface area contributed by atoms with Crippen molar-refractivity contribution < 1.29 is 41.8 Å². The molecule has 2 rings (SSSR count). The highest BCUT2D eigenvalue weighted by molar-refractivity contribution is 5.97. The molecule has 0 bridgehead atoms. The third kappa shape index (κ3) is 7.68. The van der Waals surface area contributed by atoms with E-state index in [1.807, 2.05) is 6.92 Å². The van der Waals surface area contributed by atoms with Crippen molar-refractivity contribution in [2.24, 2.45) is 0 Å². The molecule has 0 aromatic heterocycles. The van der Waals surface area contributed by atoms with Crippen LogP contribution in [0.2, 0.25) is 0 Å². The lowest BCUT2D eigenvalue weighted by atomic mass is 10.2. The van der Waals surface area contributed by atoms with E-state index >= 15 is 0 Å². The molecule has 2 amide bonds. The highest BCUT2D eigenvalue weighted by atomic mass is 19.4. The van der Waals surface area contributed by atoms with Crippen LogP contribution in [0.1, 0.15) is 36.7 Å². The van der Waals surface area contributed by atoms with Crippen LogP contribution >= 0.6 is 0 Å². The fraction of sp³-hybridized carbons (Fsp3) is 0.348. The summed E-state index contributed by atoms with van der Waals surface area (Å²) in [5, 5.41) is 4.74. The SMILES string of the molecule is CCOc1ccc(C(=O)NCC(=O)OC(C)C(=O)Nc2ccc(C(F)(F)F)cc2)cc1OCC. The van der Waals surface area contributed by atoms with E-state index < -0.39 is 42.2 Å². The molecule has 2 N–H and O–H groups in total. The lowest BCUT2D eigenvalue weighted by Crippen LogP contribution is -2.35. The molecular formula is C23H25F3N2O6. The zero-order valence-electron chi connectivity index (χ0n) is 18.8.